The van der Waals surface area contributed by atoms with Gasteiger partial charge >= 0.3 is 11.9 Å². The second-order valence-corrected chi connectivity index (χ2v) is 8.44. The van der Waals surface area contributed by atoms with E-state index in [2.05, 4.69) is 4.90 Å². The average molecular weight is 333 g/mol. The first-order valence-electron chi connectivity index (χ1n) is 9.37. The summed E-state index contributed by atoms with van der Waals surface area (Å²) in [6, 6.07) is 0. The number of carboxylic acids is 2. The van der Waals surface area contributed by atoms with E-state index in [0.717, 1.165) is 32.5 Å². The number of carbonyl (C=O) groups is 2. The molecule has 0 spiro atoms. The molecule has 5 heteroatoms. The van der Waals surface area contributed by atoms with Crippen LogP contribution in [0.5, 0.6) is 0 Å². The largest absolute Gasteiger partial charge is 0.481 e. The number of rotatable bonds is 3. The van der Waals surface area contributed by atoms with Crippen molar-refractivity contribution in [2.75, 3.05) is 19.6 Å². The fraction of sp³-hybridized carbons (Fsp3) is 0.789. The van der Waals surface area contributed by atoms with E-state index in [0.29, 0.717) is 18.8 Å². The van der Waals surface area contributed by atoms with Gasteiger partial charge in [-0.2, -0.15) is 0 Å². The minimum absolute atomic E-state index is 0.0143. The molecule has 4 fully saturated rings. The standard InChI is InChI=1S/C19H27NO4/c21-17(22)15-2-1-13-3-6-19(18(23)24,10-16(13)15)14-9-12-4-7-20(11-14)8-5-12/h3,6,12-16H,1-2,4-5,7-11H2,(H,21,22)(H,23,24). The summed E-state index contributed by atoms with van der Waals surface area (Å²) in [6.07, 6.45) is 9.41. The second kappa shape index (κ2) is 5.87. The number of piperidine rings is 1. The van der Waals surface area contributed by atoms with Gasteiger partial charge in [-0.3, -0.25) is 9.59 Å². The predicted octanol–water partition coefficient (Wildman–Crippen LogP) is 2.48. The number of nitrogens with zero attached hydrogens (tertiary/aromatic N) is 1. The first-order valence-corrected chi connectivity index (χ1v) is 9.37. The summed E-state index contributed by atoms with van der Waals surface area (Å²) in [5.41, 5.74) is -0.871. The Morgan fingerprint density at radius 2 is 1.83 bits per heavy atom. The number of carboxylic acid groups (broad SMARTS) is 2. The smallest absolute Gasteiger partial charge is 0.313 e. The molecule has 132 valence electrons. The van der Waals surface area contributed by atoms with Crippen molar-refractivity contribution < 1.29 is 19.8 Å². The molecule has 5 unspecified atom stereocenters. The molecule has 0 aromatic rings. The SMILES string of the molecule is O=C(O)C1CCC2C=CC(C(=O)O)(C3CC4CCN(CC4)C3)CC21. The summed E-state index contributed by atoms with van der Waals surface area (Å²) in [5, 5.41) is 19.7. The zero-order valence-corrected chi connectivity index (χ0v) is 14.1. The zero-order valence-electron chi connectivity index (χ0n) is 14.1. The lowest BCUT2D eigenvalue weighted by Crippen LogP contribution is -2.46. The molecular formula is C19H27NO4. The Kier molecular flexibility index (Phi) is 3.94. The highest BCUT2D eigenvalue weighted by Gasteiger charge is 2.54. The van der Waals surface area contributed by atoms with Gasteiger partial charge in [0.15, 0.2) is 0 Å². The molecule has 3 aliphatic heterocycles. The molecule has 1 saturated carbocycles. The highest BCUT2D eigenvalue weighted by atomic mass is 16.4. The first-order chi connectivity index (χ1) is 11.5. The van der Waals surface area contributed by atoms with Gasteiger partial charge in [-0.15, -0.1) is 0 Å². The number of hydrogen-bond acceptors (Lipinski definition) is 3. The van der Waals surface area contributed by atoms with Crippen molar-refractivity contribution in [3.8, 4) is 0 Å². The number of aliphatic carboxylic acids is 2. The van der Waals surface area contributed by atoms with Crippen LogP contribution in [0.1, 0.15) is 38.5 Å². The maximum absolute atomic E-state index is 12.4. The summed E-state index contributed by atoms with van der Waals surface area (Å²) < 4.78 is 0. The van der Waals surface area contributed by atoms with Gasteiger partial charge in [0.25, 0.3) is 0 Å². The fourth-order valence-electron chi connectivity index (χ4n) is 5.89. The molecule has 24 heavy (non-hydrogen) atoms. The van der Waals surface area contributed by atoms with Crippen LogP contribution >= 0.6 is 0 Å². The molecule has 0 amide bonds. The van der Waals surface area contributed by atoms with Gasteiger partial charge in [-0.05, 0) is 75.3 Å². The van der Waals surface area contributed by atoms with Crippen LogP contribution in [0, 0.1) is 35.0 Å². The van der Waals surface area contributed by atoms with E-state index in [4.69, 9.17) is 0 Å². The lowest BCUT2D eigenvalue weighted by Gasteiger charge is -2.42. The molecule has 0 aromatic carbocycles. The second-order valence-electron chi connectivity index (χ2n) is 8.44. The molecule has 5 atom stereocenters. The molecule has 2 aliphatic carbocycles. The van der Waals surface area contributed by atoms with E-state index >= 15 is 0 Å². The highest BCUT2D eigenvalue weighted by Crippen LogP contribution is 2.53. The van der Waals surface area contributed by atoms with Crippen molar-refractivity contribution >= 4 is 11.9 Å². The van der Waals surface area contributed by atoms with Crippen molar-refractivity contribution in [2.45, 2.75) is 38.5 Å². The van der Waals surface area contributed by atoms with Crippen molar-refractivity contribution in [2.24, 2.45) is 35.0 Å². The number of hydrogen-bond donors (Lipinski definition) is 2. The van der Waals surface area contributed by atoms with Crippen molar-refractivity contribution in [1.82, 2.24) is 4.90 Å². The first kappa shape index (κ1) is 16.1. The van der Waals surface area contributed by atoms with Gasteiger partial charge < -0.3 is 15.1 Å². The van der Waals surface area contributed by atoms with Crippen LogP contribution in [0.2, 0.25) is 0 Å². The van der Waals surface area contributed by atoms with E-state index in [1.54, 1.807) is 0 Å². The molecule has 3 heterocycles. The summed E-state index contributed by atoms with van der Waals surface area (Å²) in [5.74, 6) is -0.892. The summed E-state index contributed by atoms with van der Waals surface area (Å²) in [6.45, 7) is 3.02. The molecule has 5 nitrogen and oxygen atoms in total. The van der Waals surface area contributed by atoms with Crippen LogP contribution in [0.4, 0.5) is 0 Å². The molecule has 0 aromatic heterocycles. The molecule has 5 aliphatic rings. The van der Waals surface area contributed by atoms with Crippen LogP contribution < -0.4 is 0 Å². The topological polar surface area (TPSA) is 77.8 Å². The monoisotopic (exact) mass is 333 g/mol. The minimum Gasteiger partial charge on any atom is -0.481 e. The maximum Gasteiger partial charge on any atom is 0.313 e. The number of allylic oxidation sites excluding steroid dienone is 1. The Morgan fingerprint density at radius 1 is 1.08 bits per heavy atom. The lowest BCUT2D eigenvalue weighted by molar-refractivity contribution is -0.154. The third-order valence-corrected chi connectivity index (χ3v) is 7.34. The van der Waals surface area contributed by atoms with Gasteiger partial charge in [-0.1, -0.05) is 12.2 Å². The van der Waals surface area contributed by atoms with Crippen LogP contribution in [-0.4, -0.2) is 46.7 Å². The van der Waals surface area contributed by atoms with Crippen LogP contribution in [0.15, 0.2) is 12.2 Å². The average Bonchev–Trinajstić information content (AvgIpc) is 2.73. The Labute approximate surface area is 142 Å². The molecular weight excluding hydrogens is 306 g/mol. The lowest BCUT2D eigenvalue weighted by atomic mass is 9.61. The Balaban J connectivity index is 1.66. The Bertz CT molecular complexity index is 552. The van der Waals surface area contributed by atoms with E-state index in [-0.39, 0.29) is 23.7 Å². The van der Waals surface area contributed by atoms with Crippen molar-refractivity contribution in [1.29, 1.82) is 0 Å². The van der Waals surface area contributed by atoms with Crippen molar-refractivity contribution in [3.63, 3.8) is 0 Å². The molecule has 3 saturated heterocycles. The summed E-state index contributed by atoms with van der Waals surface area (Å²) in [7, 11) is 0. The maximum atomic E-state index is 12.4. The highest BCUT2D eigenvalue weighted by molar-refractivity contribution is 5.78. The molecule has 2 bridgehead atoms. The Hall–Kier alpha value is -1.36. The van der Waals surface area contributed by atoms with Gasteiger partial charge in [0.2, 0.25) is 0 Å². The predicted molar refractivity (Wildman–Crippen MR) is 88.4 cm³/mol. The van der Waals surface area contributed by atoms with Crippen LogP contribution in [0.25, 0.3) is 0 Å². The third-order valence-electron chi connectivity index (χ3n) is 7.34. The van der Waals surface area contributed by atoms with Crippen molar-refractivity contribution in [3.05, 3.63) is 12.2 Å². The third kappa shape index (κ3) is 2.48. The Morgan fingerprint density at radius 3 is 2.50 bits per heavy atom. The zero-order chi connectivity index (χ0) is 16.9. The molecule has 0 radical (unpaired) electrons. The number of fused-ring (bicyclic) bond motifs is 5. The summed E-state index contributed by atoms with van der Waals surface area (Å²) >= 11 is 0. The van der Waals surface area contributed by atoms with Gasteiger partial charge in [0.05, 0.1) is 11.3 Å². The molecule has 5 rings (SSSR count). The van der Waals surface area contributed by atoms with Gasteiger partial charge in [0, 0.05) is 6.54 Å². The summed E-state index contributed by atoms with van der Waals surface area (Å²) in [4.78, 5) is 26.4. The van der Waals surface area contributed by atoms with E-state index in [9.17, 15) is 19.8 Å². The van der Waals surface area contributed by atoms with E-state index in [1.165, 1.54) is 12.8 Å². The minimum atomic E-state index is -0.871. The van der Waals surface area contributed by atoms with Crippen LogP contribution in [-0.2, 0) is 9.59 Å². The van der Waals surface area contributed by atoms with Crippen LogP contribution in [0.3, 0.4) is 0 Å². The quantitative estimate of drug-likeness (QED) is 0.776. The van der Waals surface area contributed by atoms with E-state index < -0.39 is 17.4 Å². The fourth-order valence-corrected chi connectivity index (χ4v) is 5.89. The van der Waals surface area contributed by atoms with Gasteiger partial charge in [0.1, 0.15) is 0 Å². The normalized spacial score (nSPS) is 47.2. The molecule has 2 N–H and O–H groups in total. The van der Waals surface area contributed by atoms with Gasteiger partial charge in [-0.25, -0.2) is 0 Å². The van der Waals surface area contributed by atoms with E-state index in [1.807, 2.05) is 12.2 Å².